The van der Waals surface area contributed by atoms with Crippen molar-refractivity contribution in [2.45, 2.75) is 19.8 Å². The second-order valence-electron chi connectivity index (χ2n) is 6.14. The molecule has 0 saturated carbocycles. The molecule has 3 rings (SSSR count). The molecule has 0 atom stereocenters. The highest BCUT2D eigenvalue weighted by atomic mass is 32.2. The van der Waals surface area contributed by atoms with Crippen LogP contribution in [0.3, 0.4) is 0 Å². The third-order valence-corrected chi connectivity index (χ3v) is 5.11. The summed E-state index contributed by atoms with van der Waals surface area (Å²) in [4.78, 5) is 20.0. The lowest BCUT2D eigenvalue weighted by Gasteiger charge is -2.14. The van der Waals surface area contributed by atoms with Crippen molar-refractivity contribution in [3.05, 3.63) is 65.1 Å². The summed E-state index contributed by atoms with van der Waals surface area (Å²) < 4.78 is 5.48. The second-order valence-corrected chi connectivity index (χ2v) is 7.14. The van der Waals surface area contributed by atoms with E-state index in [0.717, 1.165) is 24.1 Å². The number of carbonyl (C=O) groups is 1. The number of unbranched alkanes of at least 4 members (excludes halogenated alkanes) is 1. The van der Waals surface area contributed by atoms with Crippen molar-refractivity contribution in [2.24, 2.45) is 4.99 Å². The van der Waals surface area contributed by atoms with Crippen LogP contribution in [0.15, 0.2) is 64.5 Å². The first-order valence-corrected chi connectivity index (χ1v) is 9.98. The van der Waals surface area contributed by atoms with Crippen molar-refractivity contribution >= 4 is 34.6 Å². The van der Waals surface area contributed by atoms with Gasteiger partial charge in [0.1, 0.15) is 11.8 Å². The Morgan fingerprint density at radius 2 is 1.93 bits per heavy atom. The maximum absolute atomic E-state index is 13.0. The van der Waals surface area contributed by atoms with Crippen LogP contribution in [0.2, 0.25) is 0 Å². The van der Waals surface area contributed by atoms with E-state index in [-0.39, 0.29) is 12.5 Å². The predicted octanol–water partition coefficient (Wildman–Crippen LogP) is 4.99. The summed E-state index contributed by atoms with van der Waals surface area (Å²) in [6, 6.07) is 19.0. The number of nitrogens with zero attached hydrogens (tertiary/aromatic N) is 3. The van der Waals surface area contributed by atoms with Crippen LogP contribution in [0, 0.1) is 11.3 Å². The Labute approximate surface area is 169 Å². The van der Waals surface area contributed by atoms with E-state index >= 15 is 0 Å². The van der Waals surface area contributed by atoms with Gasteiger partial charge in [-0.3, -0.25) is 9.69 Å². The Bertz CT molecular complexity index is 932. The SMILES string of the molecule is CCCCN1C(=O)/C(=C\c2ccccc2OCC#N)SC1=Nc1ccccc1. The number of aliphatic imine (C=N–C) groups is 1. The summed E-state index contributed by atoms with van der Waals surface area (Å²) in [5, 5.41) is 9.45. The number of para-hydroxylation sites is 2. The fourth-order valence-corrected chi connectivity index (χ4v) is 3.72. The quantitative estimate of drug-likeness (QED) is 0.624. The molecule has 2 aromatic rings. The van der Waals surface area contributed by atoms with Crippen molar-refractivity contribution in [1.82, 2.24) is 4.90 Å². The summed E-state index contributed by atoms with van der Waals surface area (Å²) in [6.07, 6.45) is 3.72. The molecule has 1 fully saturated rings. The summed E-state index contributed by atoms with van der Waals surface area (Å²) in [5.74, 6) is 0.529. The summed E-state index contributed by atoms with van der Waals surface area (Å²) >= 11 is 1.37. The van der Waals surface area contributed by atoms with Crippen molar-refractivity contribution in [3.8, 4) is 11.8 Å². The van der Waals surface area contributed by atoms with Crippen LogP contribution in [0.5, 0.6) is 5.75 Å². The third kappa shape index (κ3) is 4.81. The van der Waals surface area contributed by atoms with Gasteiger partial charge in [0.25, 0.3) is 5.91 Å². The molecule has 6 heteroatoms. The van der Waals surface area contributed by atoms with E-state index in [0.29, 0.717) is 22.4 Å². The fourth-order valence-electron chi connectivity index (χ4n) is 2.70. The molecular formula is C22H21N3O2S. The largest absolute Gasteiger partial charge is 0.478 e. The zero-order chi connectivity index (χ0) is 19.8. The maximum atomic E-state index is 13.0. The van der Waals surface area contributed by atoms with Crippen LogP contribution in [0.1, 0.15) is 25.3 Å². The number of benzene rings is 2. The monoisotopic (exact) mass is 391 g/mol. The van der Waals surface area contributed by atoms with Gasteiger partial charge in [0.15, 0.2) is 11.8 Å². The van der Waals surface area contributed by atoms with E-state index in [1.165, 1.54) is 11.8 Å². The van der Waals surface area contributed by atoms with E-state index in [1.54, 1.807) is 11.0 Å². The predicted molar refractivity (Wildman–Crippen MR) is 113 cm³/mol. The van der Waals surface area contributed by atoms with Crippen LogP contribution in [-0.2, 0) is 4.79 Å². The molecule has 0 aliphatic carbocycles. The van der Waals surface area contributed by atoms with Gasteiger partial charge in [0.05, 0.1) is 10.6 Å². The van der Waals surface area contributed by atoms with Gasteiger partial charge < -0.3 is 4.74 Å². The van der Waals surface area contributed by atoms with E-state index < -0.39 is 0 Å². The number of hydrogen-bond donors (Lipinski definition) is 0. The molecule has 1 aliphatic rings. The number of amidine groups is 1. The minimum atomic E-state index is -0.0526. The molecular weight excluding hydrogens is 370 g/mol. The Kier molecular flexibility index (Phi) is 6.88. The van der Waals surface area contributed by atoms with Crippen LogP contribution >= 0.6 is 11.8 Å². The van der Waals surface area contributed by atoms with Gasteiger partial charge in [-0.05, 0) is 42.5 Å². The molecule has 1 aliphatic heterocycles. The lowest BCUT2D eigenvalue weighted by atomic mass is 10.2. The molecule has 2 aromatic carbocycles. The Balaban J connectivity index is 1.93. The van der Waals surface area contributed by atoms with E-state index in [4.69, 9.17) is 10.00 Å². The van der Waals surface area contributed by atoms with Crippen molar-refractivity contribution in [3.63, 3.8) is 0 Å². The first-order valence-electron chi connectivity index (χ1n) is 9.17. The van der Waals surface area contributed by atoms with E-state index in [2.05, 4.69) is 11.9 Å². The lowest BCUT2D eigenvalue weighted by Crippen LogP contribution is -2.30. The smallest absolute Gasteiger partial charge is 0.266 e. The van der Waals surface area contributed by atoms with Crippen LogP contribution in [0.4, 0.5) is 5.69 Å². The normalized spacial score (nSPS) is 16.6. The molecule has 0 bridgehead atoms. The summed E-state index contributed by atoms with van der Waals surface area (Å²) in [7, 11) is 0. The number of ether oxygens (including phenoxy) is 1. The molecule has 142 valence electrons. The number of nitriles is 1. The molecule has 28 heavy (non-hydrogen) atoms. The molecule has 1 saturated heterocycles. The minimum absolute atomic E-state index is 0.0371. The van der Waals surface area contributed by atoms with Crippen LogP contribution < -0.4 is 4.74 Å². The highest BCUT2D eigenvalue weighted by Gasteiger charge is 2.33. The molecule has 0 aromatic heterocycles. The first kappa shape index (κ1) is 19.7. The van der Waals surface area contributed by atoms with Crippen molar-refractivity contribution in [1.29, 1.82) is 5.26 Å². The Morgan fingerprint density at radius 1 is 1.18 bits per heavy atom. The number of thioether (sulfide) groups is 1. The molecule has 0 radical (unpaired) electrons. The molecule has 1 amide bonds. The third-order valence-electron chi connectivity index (χ3n) is 4.10. The highest BCUT2D eigenvalue weighted by Crippen LogP contribution is 2.35. The minimum Gasteiger partial charge on any atom is -0.478 e. The topological polar surface area (TPSA) is 65.7 Å². The van der Waals surface area contributed by atoms with Gasteiger partial charge in [-0.2, -0.15) is 5.26 Å². The second kappa shape index (κ2) is 9.77. The molecule has 5 nitrogen and oxygen atoms in total. The molecule has 1 heterocycles. The van der Waals surface area contributed by atoms with Gasteiger partial charge >= 0.3 is 0 Å². The van der Waals surface area contributed by atoms with Crippen LogP contribution in [-0.4, -0.2) is 29.1 Å². The zero-order valence-corrected chi connectivity index (χ0v) is 16.5. The van der Waals surface area contributed by atoms with Gasteiger partial charge in [0.2, 0.25) is 0 Å². The zero-order valence-electron chi connectivity index (χ0n) is 15.7. The number of hydrogen-bond acceptors (Lipinski definition) is 5. The van der Waals surface area contributed by atoms with Gasteiger partial charge in [-0.25, -0.2) is 4.99 Å². The standard InChI is InChI=1S/C22H21N3O2S/c1-2-3-14-25-21(26)20(28-22(25)24-18-10-5-4-6-11-18)16-17-9-7-8-12-19(17)27-15-13-23/h4-12,16H,2-3,14-15H2,1H3/b20-16+,24-22?. The number of carbonyl (C=O) groups excluding carboxylic acids is 1. The Hall–Kier alpha value is -3.04. The molecule has 0 spiro atoms. The average molecular weight is 391 g/mol. The fraction of sp³-hybridized carbons (Fsp3) is 0.227. The first-order chi connectivity index (χ1) is 13.7. The summed E-state index contributed by atoms with van der Waals surface area (Å²) in [5.41, 5.74) is 1.59. The molecule has 0 N–H and O–H groups in total. The Morgan fingerprint density at radius 3 is 2.68 bits per heavy atom. The summed E-state index contributed by atoms with van der Waals surface area (Å²) in [6.45, 7) is 2.70. The average Bonchev–Trinajstić information content (AvgIpc) is 3.00. The van der Waals surface area contributed by atoms with Crippen molar-refractivity contribution in [2.75, 3.05) is 13.2 Å². The van der Waals surface area contributed by atoms with Gasteiger partial charge in [0, 0.05) is 12.1 Å². The number of amides is 1. The van der Waals surface area contributed by atoms with Gasteiger partial charge in [-0.15, -0.1) is 0 Å². The van der Waals surface area contributed by atoms with Crippen LogP contribution in [0.25, 0.3) is 6.08 Å². The van der Waals surface area contributed by atoms with Gasteiger partial charge in [-0.1, -0.05) is 49.7 Å². The maximum Gasteiger partial charge on any atom is 0.266 e. The molecule has 0 unspecified atom stereocenters. The van der Waals surface area contributed by atoms with E-state index in [9.17, 15) is 4.79 Å². The van der Waals surface area contributed by atoms with E-state index in [1.807, 2.05) is 60.7 Å². The lowest BCUT2D eigenvalue weighted by molar-refractivity contribution is -0.122. The van der Waals surface area contributed by atoms with Crippen molar-refractivity contribution < 1.29 is 9.53 Å². The highest BCUT2D eigenvalue weighted by molar-refractivity contribution is 8.18. The number of rotatable bonds is 7.